The van der Waals surface area contributed by atoms with Crippen molar-refractivity contribution in [3.63, 3.8) is 0 Å². The molecule has 0 spiro atoms. The molecular weight excluding hydrogens is 462 g/mol. The molecule has 5 rings (SSSR count). The first kappa shape index (κ1) is 21.2. The van der Waals surface area contributed by atoms with Gasteiger partial charge in [-0.15, -0.1) is 0 Å². The molecular formula is C23H15N3O7S. The van der Waals surface area contributed by atoms with Crippen molar-refractivity contribution in [2.45, 2.75) is 6.92 Å². The molecule has 0 saturated heterocycles. The number of nitrogens with zero attached hydrogens (tertiary/aromatic N) is 3. The monoisotopic (exact) mass is 477 g/mol. The van der Waals surface area contributed by atoms with Crippen LogP contribution in [0.5, 0.6) is 17.4 Å². The van der Waals surface area contributed by atoms with Crippen molar-refractivity contribution in [3.05, 3.63) is 81.8 Å². The van der Waals surface area contributed by atoms with Crippen LogP contribution in [0.15, 0.2) is 59.0 Å². The van der Waals surface area contributed by atoms with E-state index in [2.05, 4.69) is 4.98 Å². The Morgan fingerprint density at radius 3 is 2.47 bits per heavy atom. The summed E-state index contributed by atoms with van der Waals surface area (Å²) in [6.45, 7) is 1.67. The molecule has 0 aliphatic carbocycles. The Morgan fingerprint density at radius 1 is 1.09 bits per heavy atom. The maximum absolute atomic E-state index is 13.3. The molecule has 2 aromatic carbocycles. The van der Waals surface area contributed by atoms with Crippen molar-refractivity contribution in [2.24, 2.45) is 0 Å². The van der Waals surface area contributed by atoms with Crippen molar-refractivity contribution in [2.75, 3.05) is 0 Å². The number of ketones is 1. The molecule has 0 atom stereocenters. The fraction of sp³-hybridized carbons (Fsp3) is 0.0435. The first-order valence-electron chi connectivity index (χ1n) is 9.87. The minimum absolute atomic E-state index is 0.0165. The maximum atomic E-state index is 13.3. The highest BCUT2D eigenvalue weighted by Crippen LogP contribution is 2.45. The SMILES string of the molecule is Cc1ccc(C(=O)c2c(O)c(O)n(-c3nc4ccc([N+](=O)[O-])cc4s3)c2-c2ccc(O)cc2)o1. The predicted octanol–water partition coefficient (Wildman–Crippen LogP) is 4.91. The molecule has 10 nitrogen and oxygen atoms in total. The number of aromatic hydroxyl groups is 3. The number of non-ortho nitro benzene ring substituents is 1. The van der Waals surface area contributed by atoms with Crippen molar-refractivity contribution < 1.29 is 29.5 Å². The molecule has 3 aromatic heterocycles. The second kappa shape index (κ2) is 7.74. The summed E-state index contributed by atoms with van der Waals surface area (Å²) in [7, 11) is 0. The lowest BCUT2D eigenvalue weighted by molar-refractivity contribution is -0.384. The third-order valence-electron chi connectivity index (χ3n) is 5.22. The smallest absolute Gasteiger partial charge is 0.270 e. The first-order valence-corrected chi connectivity index (χ1v) is 10.7. The summed E-state index contributed by atoms with van der Waals surface area (Å²) < 4.78 is 7.11. The van der Waals surface area contributed by atoms with E-state index >= 15 is 0 Å². The number of phenolic OH excluding ortho intramolecular Hbond substituents is 1. The molecule has 0 bridgehead atoms. The standard InChI is InChI=1S/C23H15N3O7S/c1-11-2-9-16(33-11)20(28)18-19(12-3-6-14(27)7-4-12)25(22(30)21(18)29)23-24-15-8-5-13(26(31)32)10-17(15)34-23/h2-10,27,29-30H,1H3. The van der Waals surface area contributed by atoms with Crippen LogP contribution in [0, 0.1) is 17.0 Å². The van der Waals surface area contributed by atoms with Gasteiger partial charge in [-0.05, 0) is 55.0 Å². The Kier molecular flexibility index (Phi) is 4.83. The Labute approximate surface area is 194 Å². The summed E-state index contributed by atoms with van der Waals surface area (Å²) >= 11 is 1.03. The summed E-state index contributed by atoms with van der Waals surface area (Å²) in [6, 6.07) is 13.0. The van der Waals surface area contributed by atoms with Crippen molar-refractivity contribution >= 4 is 33.0 Å². The number of fused-ring (bicyclic) bond motifs is 1. The molecule has 170 valence electrons. The number of nitro benzene ring substituents is 1. The summed E-state index contributed by atoms with van der Waals surface area (Å²) in [4.78, 5) is 28.4. The van der Waals surface area contributed by atoms with Crippen molar-refractivity contribution in [1.29, 1.82) is 0 Å². The molecule has 0 aliphatic heterocycles. The number of thiazole rings is 1. The van der Waals surface area contributed by atoms with Gasteiger partial charge in [0.15, 0.2) is 16.6 Å². The van der Waals surface area contributed by atoms with Gasteiger partial charge in [0.25, 0.3) is 5.69 Å². The van der Waals surface area contributed by atoms with E-state index in [1.807, 2.05) is 0 Å². The molecule has 0 aliphatic rings. The third kappa shape index (κ3) is 3.35. The molecule has 11 heteroatoms. The van der Waals surface area contributed by atoms with E-state index in [0.29, 0.717) is 21.5 Å². The molecule has 0 unspecified atom stereocenters. The van der Waals surface area contributed by atoms with Gasteiger partial charge in [0.05, 0.1) is 26.4 Å². The van der Waals surface area contributed by atoms with E-state index < -0.39 is 22.3 Å². The minimum Gasteiger partial charge on any atom is -0.508 e. The lowest BCUT2D eigenvalue weighted by Crippen LogP contribution is -2.04. The van der Waals surface area contributed by atoms with Gasteiger partial charge < -0.3 is 19.7 Å². The van der Waals surface area contributed by atoms with E-state index in [1.54, 1.807) is 13.0 Å². The van der Waals surface area contributed by atoms with E-state index in [4.69, 9.17) is 4.42 Å². The lowest BCUT2D eigenvalue weighted by atomic mass is 10.0. The van der Waals surface area contributed by atoms with E-state index in [1.165, 1.54) is 53.1 Å². The normalized spacial score (nSPS) is 11.2. The number of phenols is 1. The molecule has 34 heavy (non-hydrogen) atoms. The molecule has 3 N–H and O–H groups in total. The second-order valence-electron chi connectivity index (χ2n) is 7.42. The zero-order valence-corrected chi connectivity index (χ0v) is 18.2. The van der Waals surface area contributed by atoms with E-state index in [-0.39, 0.29) is 33.6 Å². The maximum Gasteiger partial charge on any atom is 0.270 e. The molecule has 0 radical (unpaired) electrons. The highest BCUT2D eigenvalue weighted by atomic mass is 32.1. The Balaban J connectivity index is 1.79. The van der Waals surface area contributed by atoms with Crippen LogP contribution < -0.4 is 0 Å². The summed E-state index contributed by atoms with van der Waals surface area (Å²) in [5, 5.41) is 42.7. The Bertz CT molecular complexity index is 1600. The summed E-state index contributed by atoms with van der Waals surface area (Å²) in [5.74, 6) is -1.54. The molecule has 0 saturated carbocycles. The van der Waals surface area contributed by atoms with E-state index in [9.17, 15) is 30.2 Å². The number of carbonyl (C=O) groups is 1. The predicted molar refractivity (Wildman–Crippen MR) is 123 cm³/mol. The largest absolute Gasteiger partial charge is 0.508 e. The zero-order valence-electron chi connectivity index (χ0n) is 17.4. The van der Waals surface area contributed by atoms with Crippen LogP contribution in [0.3, 0.4) is 0 Å². The summed E-state index contributed by atoms with van der Waals surface area (Å²) in [6.07, 6.45) is 0. The number of benzene rings is 2. The molecule has 3 heterocycles. The number of nitro groups is 1. The minimum atomic E-state index is -0.674. The number of rotatable bonds is 5. The van der Waals surface area contributed by atoms with Gasteiger partial charge in [-0.3, -0.25) is 19.5 Å². The van der Waals surface area contributed by atoms with E-state index in [0.717, 1.165) is 11.3 Å². The third-order valence-corrected chi connectivity index (χ3v) is 6.22. The Morgan fingerprint density at radius 2 is 1.82 bits per heavy atom. The fourth-order valence-electron chi connectivity index (χ4n) is 3.63. The van der Waals surface area contributed by atoms with Crippen LogP contribution in [-0.4, -0.2) is 35.6 Å². The van der Waals surface area contributed by atoms with Gasteiger partial charge in [-0.1, -0.05) is 11.3 Å². The average molecular weight is 477 g/mol. The highest BCUT2D eigenvalue weighted by Gasteiger charge is 2.32. The number of carbonyl (C=O) groups excluding carboxylic acids is 1. The topological polar surface area (TPSA) is 152 Å². The fourth-order valence-corrected chi connectivity index (χ4v) is 4.64. The molecule has 0 fully saturated rings. The quantitative estimate of drug-likeness (QED) is 0.183. The van der Waals surface area contributed by atoms with Gasteiger partial charge in [-0.2, -0.15) is 0 Å². The van der Waals surface area contributed by atoms with Crippen LogP contribution in [0.25, 0.3) is 26.6 Å². The average Bonchev–Trinajstić information content (AvgIpc) is 3.49. The zero-order chi connectivity index (χ0) is 24.1. The molecule has 0 amide bonds. The number of hydrogen-bond donors (Lipinski definition) is 3. The van der Waals surface area contributed by atoms with Gasteiger partial charge in [0.1, 0.15) is 11.5 Å². The van der Waals surface area contributed by atoms with Crippen LogP contribution in [0.1, 0.15) is 21.9 Å². The molecule has 5 aromatic rings. The highest BCUT2D eigenvalue weighted by molar-refractivity contribution is 7.20. The first-order chi connectivity index (χ1) is 16.2. The van der Waals surface area contributed by atoms with Crippen molar-refractivity contribution in [3.8, 4) is 33.8 Å². The van der Waals surface area contributed by atoms with Gasteiger partial charge in [-0.25, -0.2) is 4.98 Å². The Hall–Kier alpha value is -4.64. The number of aromatic nitrogens is 2. The van der Waals surface area contributed by atoms with Crippen molar-refractivity contribution in [1.82, 2.24) is 9.55 Å². The number of aryl methyl sites for hydroxylation is 1. The summed E-state index contributed by atoms with van der Waals surface area (Å²) in [5.41, 5.74) is 0.602. The van der Waals surface area contributed by atoms with Gasteiger partial charge in [0, 0.05) is 12.1 Å². The second-order valence-corrected chi connectivity index (χ2v) is 8.43. The van der Waals surface area contributed by atoms with Crippen LogP contribution in [0.2, 0.25) is 0 Å². The lowest BCUT2D eigenvalue weighted by Gasteiger charge is -2.09. The van der Waals surface area contributed by atoms with Crippen LogP contribution in [0.4, 0.5) is 5.69 Å². The number of hydrogen-bond acceptors (Lipinski definition) is 9. The van der Waals surface area contributed by atoms with Crippen LogP contribution >= 0.6 is 11.3 Å². The van der Waals surface area contributed by atoms with Gasteiger partial charge >= 0.3 is 0 Å². The number of furan rings is 1. The van der Waals surface area contributed by atoms with Crippen LogP contribution in [-0.2, 0) is 0 Å². The van der Waals surface area contributed by atoms with Gasteiger partial charge in [0.2, 0.25) is 11.7 Å².